The first-order valence-corrected chi connectivity index (χ1v) is 9.24. The fraction of sp³-hybridized carbons (Fsp3) is 0.571. The number of benzene rings is 1. The zero-order valence-corrected chi connectivity index (χ0v) is 14.2. The molecule has 0 radical (unpaired) electrons. The van der Waals surface area contributed by atoms with Gasteiger partial charge in [-0.05, 0) is 37.5 Å². The molecule has 1 heterocycles. The number of hydrogen-bond donors (Lipinski definition) is 0. The van der Waals surface area contributed by atoms with Crippen molar-refractivity contribution < 1.29 is 17.9 Å². The van der Waals surface area contributed by atoms with Crippen molar-refractivity contribution in [3.8, 4) is 5.75 Å². The minimum atomic E-state index is -3.58. The van der Waals surface area contributed by atoms with E-state index in [0.29, 0.717) is 18.9 Å². The van der Waals surface area contributed by atoms with Gasteiger partial charge >= 0.3 is 0 Å². The molecule has 1 saturated carbocycles. The highest BCUT2D eigenvalue weighted by Gasteiger charge is 2.43. The monoisotopic (exact) mass is 375 g/mol. The fourth-order valence-electron chi connectivity index (χ4n) is 3.17. The minimum Gasteiger partial charge on any atom is -0.495 e. The predicted octanol–water partition coefficient (Wildman–Crippen LogP) is 2.40. The van der Waals surface area contributed by atoms with E-state index in [0.717, 1.165) is 23.7 Å². The number of halogens is 1. The standard InChI is InChI=1S/C14H18BrNO4S/c1-19-13-6-5-10(15)9-14(13)21(17,18)16-7-8-20-12-4-2-3-11(12)16/h5-6,9,11-12H,2-4,7-8H2,1H3. The zero-order chi connectivity index (χ0) is 15.0. The van der Waals surface area contributed by atoms with Gasteiger partial charge in [-0.15, -0.1) is 0 Å². The van der Waals surface area contributed by atoms with Gasteiger partial charge in [-0.1, -0.05) is 15.9 Å². The van der Waals surface area contributed by atoms with Crippen LogP contribution in [0, 0.1) is 0 Å². The van der Waals surface area contributed by atoms with Crippen LogP contribution in [0.5, 0.6) is 5.75 Å². The Hall–Kier alpha value is -0.630. The van der Waals surface area contributed by atoms with Crippen LogP contribution in [0.2, 0.25) is 0 Å². The van der Waals surface area contributed by atoms with Crippen LogP contribution < -0.4 is 4.74 Å². The van der Waals surface area contributed by atoms with Crippen molar-refractivity contribution in [2.45, 2.75) is 36.3 Å². The first-order valence-electron chi connectivity index (χ1n) is 7.01. The smallest absolute Gasteiger partial charge is 0.247 e. The van der Waals surface area contributed by atoms with Crippen molar-refractivity contribution in [3.63, 3.8) is 0 Å². The highest BCUT2D eigenvalue weighted by atomic mass is 79.9. The highest BCUT2D eigenvalue weighted by molar-refractivity contribution is 9.10. The van der Waals surface area contributed by atoms with Gasteiger partial charge in [0, 0.05) is 11.0 Å². The number of ether oxygens (including phenoxy) is 2. The Bertz CT molecular complexity index is 634. The molecule has 2 aliphatic rings. The lowest BCUT2D eigenvalue weighted by Crippen LogP contribution is -2.51. The number of nitrogens with zero attached hydrogens (tertiary/aromatic N) is 1. The third kappa shape index (κ3) is 2.72. The minimum absolute atomic E-state index is 0.0340. The topological polar surface area (TPSA) is 55.8 Å². The van der Waals surface area contributed by atoms with Gasteiger partial charge in [0.1, 0.15) is 10.6 Å². The van der Waals surface area contributed by atoms with Crippen LogP contribution in [-0.4, -0.2) is 45.1 Å². The maximum Gasteiger partial charge on any atom is 0.247 e. The van der Waals surface area contributed by atoms with Gasteiger partial charge < -0.3 is 9.47 Å². The van der Waals surface area contributed by atoms with Crippen molar-refractivity contribution in [2.75, 3.05) is 20.3 Å². The molecular formula is C14H18BrNO4S. The molecule has 116 valence electrons. The van der Waals surface area contributed by atoms with Crippen molar-refractivity contribution in [3.05, 3.63) is 22.7 Å². The lowest BCUT2D eigenvalue weighted by molar-refractivity contribution is -0.0242. The Morgan fingerprint density at radius 1 is 1.38 bits per heavy atom. The van der Waals surface area contributed by atoms with Crippen molar-refractivity contribution in [2.24, 2.45) is 0 Å². The van der Waals surface area contributed by atoms with E-state index in [-0.39, 0.29) is 17.0 Å². The molecule has 2 fully saturated rings. The summed E-state index contributed by atoms with van der Waals surface area (Å²) in [5, 5.41) is 0. The Kier molecular flexibility index (Phi) is 4.27. The molecule has 21 heavy (non-hydrogen) atoms. The molecule has 0 aromatic heterocycles. The van der Waals surface area contributed by atoms with Gasteiger partial charge in [0.25, 0.3) is 0 Å². The maximum absolute atomic E-state index is 13.0. The summed E-state index contributed by atoms with van der Waals surface area (Å²) in [5.74, 6) is 0.374. The molecule has 0 N–H and O–H groups in total. The molecule has 7 heteroatoms. The summed E-state index contributed by atoms with van der Waals surface area (Å²) < 4.78 is 39.3. The van der Waals surface area contributed by atoms with Crippen molar-refractivity contribution in [1.82, 2.24) is 4.31 Å². The van der Waals surface area contributed by atoms with E-state index in [9.17, 15) is 8.42 Å². The maximum atomic E-state index is 13.0. The molecule has 3 rings (SSSR count). The lowest BCUT2D eigenvalue weighted by atomic mass is 10.2. The van der Waals surface area contributed by atoms with Gasteiger partial charge in [-0.25, -0.2) is 8.42 Å². The van der Waals surface area contributed by atoms with Crippen LogP contribution in [0.4, 0.5) is 0 Å². The molecule has 0 bridgehead atoms. The van der Waals surface area contributed by atoms with Gasteiger partial charge in [0.2, 0.25) is 10.0 Å². The fourth-order valence-corrected chi connectivity index (χ4v) is 5.53. The predicted molar refractivity (Wildman–Crippen MR) is 82.0 cm³/mol. The Labute approximate surface area is 133 Å². The van der Waals surface area contributed by atoms with Crippen LogP contribution in [0.1, 0.15) is 19.3 Å². The molecule has 5 nitrogen and oxygen atoms in total. The number of methoxy groups -OCH3 is 1. The first kappa shape index (κ1) is 15.3. The summed E-state index contributed by atoms with van der Waals surface area (Å²) in [4.78, 5) is 0.215. The van der Waals surface area contributed by atoms with E-state index in [4.69, 9.17) is 9.47 Å². The van der Waals surface area contributed by atoms with Crippen molar-refractivity contribution in [1.29, 1.82) is 0 Å². The normalized spacial score (nSPS) is 26.6. The summed E-state index contributed by atoms with van der Waals surface area (Å²) in [6.45, 7) is 0.857. The summed E-state index contributed by atoms with van der Waals surface area (Å²) in [7, 11) is -2.10. The van der Waals surface area contributed by atoms with E-state index < -0.39 is 10.0 Å². The second kappa shape index (κ2) is 5.87. The number of rotatable bonds is 3. The third-order valence-corrected chi connectivity index (χ3v) is 6.58. The lowest BCUT2D eigenvalue weighted by Gasteiger charge is -2.36. The summed E-state index contributed by atoms with van der Waals surface area (Å²) in [6.07, 6.45) is 2.84. The number of morpholine rings is 1. The molecule has 2 unspecified atom stereocenters. The molecule has 2 atom stereocenters. The largest absolute Gasteiger partial charge is 0.495 e. The molecule has 1 aromatic rings. The summed E-state index contributed by atoms with van der Waals surface area (Å²) in [5.41, 5.74) is 0. The van der Waals surface area contributed by atoms with Crippen LogP contribution >= 0.6 is 15.9 Å². The Morgan fingerprint density at radius 2 is 2.19 bits per heavy atom. The average molecular weight is 376 g/mol. The first-order chi connectivity index (χ1) is 10.0. The van der Waals surface area contributed by atoms with E-state index in [2.05, 4.69) is 15.9 Å². The Balaban J connectivity index is 2.02. The van der Waals surface area contributed by atoms with Crippen LogP contribution in [0.15, 0.2) is 27.6 Å². The van der Waals surface area contributed by atoms with Gasteiger partial charge in [-0.3, -0.25) is 0 Å². The summed E-state index contributed by atoms with van der Waals surface area (Å²) >= 11 is 3.34. The molecule has 0 amide bonds. The van der Waals surface area contributed by atoms with Crippen LogP contribution in [0.25, 0.3) is 0 Å². The van der Waals surface area contributed by atoms with Crippen LogP contribution in [-0.2, 0) is 14.8 Å². The molecule has 1 aliphatic carbocycles. The molecule has 1 aromatic carbocycles. The quantitative estimate of drug-likeness (QED) is 0.813. The van der Waals surface area contributed by atoms with Crippen molar-refractivity contribution >= 4 is 26.0 Å². The Morgan fingerprint density at radius 3 is 2.95 bits per heavy atom. The van der Waals surface area contributed by atoms with Gasteiger partial charge in [0.05, 0.1) is 25.9 Å². The zero-order valence-electron chi connectivity index (χ0n) is 11.8. The second-order valence-corrected chi connectivity index (χ2v) is 8.09. The van der Waals surface area contributed by atoms with E-state index in [1.54, 1.807) is 22.5 Å². The van der Waals surface area contributed by atoms with E-state index in [1.165, 1.54) is 7.11 Å². The van der Waals surface area contributed by atoms with Gasteiger partial charge in [0.15, 0.2) is 0 Å². The second-order valence-electron chi connectivity index (χ2n) is 5.32. The summed E-state index contributed by atoms with van der Waals surface area (Å²) in [6, 6.07) is 5.00. The van der Waals surface area contributed by atoms with Gasteiger partial charge in [-0.2, -0.15) is 4.31 Å². The molecule has 0 spiro atoms. The molecule has 1 saturated heterocycles. The molecular weight excluding hydrogens is 358 g/mol. The number of fused-ring (bicyclic) bond motifs is 1. The van der Waals surface area contributed by atoms with Crippen LogP contribution in [0.3, 0.4) is 0 Å². The number of hydrogen-bond acceptors (Lipinski definition) is 4. The highest BCUT2D eigenvalue weighted by Crippen LogP contribution is 2.36. The number of sulfonamides is 1. The average Bonchev–Trinajstić information content (AvgIpc) is 2.95. The SMILES string of the molecule is COc1ccc(Br)cc1S(=O)(=O)N1CCOC2CCCC21. The third-order valence-electron chi connectivity index (χ3n) is 4.14. The van der Waals surface area contributed by atoms with E-state index in [1.807, 2.05) is 0 Å². The van der Waals surface area contributed by atoms with E-state index >= 15 is 0 Å². The molecule has 1 aliphatic heterocycles.